The van der Waals surface area contributed by atoms with E-state index >= 15 is 0 Å². The van der Waals surface area contributed by atoms with Gasteiger partial charge in [-0.3, -0.25) is 19.6 Å². The van der Waals surface area contributed by atoms with Crippen LogP contribution in [0.1, 0.15) is 36.7 Å². The summed E-state index contributed by atoms with van der Waals surface area (Å²) >= 11 is 0. The zero-order chi connectivity index (χ0) is 23.5. The molecule has 166 valence electrons. The minimum absolute atomic E-state index is 0.0281. The monoisotopic (exact) mass is 453 g/mol. The summed E-state index contributed by atoms with van der Waals surface area (Å²) in [5.74, 6) is -0.329. The number of nitrogens with one attached hydrogen (secondary N) is 2. The highest BCUT2D eigenvalue weighted by atomic mass is 32.2. The molecule has 0 bridgehead atoms. The Morgan fingerprint density at radius 1 is 0.906 bits per heavy atom. The van der Waals surface area contributed by atoms with Crippen molar-refractivity contribution in [2.75, 3.05) is 10.0 Å². The quantitative estimate of drug-likeness (QED) is 0.405. The van der Waals surface area contributed by atoms with E-state index in [0.717, 1.165) is 11.6 Å². The zero-order valence-corrected chi connectivity index (χ0v) is 18.6. The number of carbonyl (C=O) groups is 1. The number of benzene rings is 3. The number of nitro benzene ring substituents is 1. The van der Waals surface area contributed by atoms with Crippen molar-refractivity contribution in [2.24, 2.45) is 0 Å². The summed E-state index contributed by atoms with van der Waals surface area (Å²) in [5, 5.41) is 13.7. The molecule has 32 heavy (non-hydrogen) atoms. The van der Waals surface area contributed by atoms with Crippen molar-refractivity contribution in [3.63, 3.8) is 0 Å². The SMILES string of the molecule is CC(C)(C)c1ccc(C(=O)Nc2cccc(NS(=O)(=O)c3cccc([N+](=O)[O-])c3)c2)cc1. The fourth-order valence-electron chi connectivity index (χ4n) is 2.96. The Labute approximate surface area is 186 Å². The third kappa shape index (κ3) is 5.50. The normalized spacial score (nSPS) is 11.6. The topological polar surface area (TPSA) is 118 Å². The van der Waals surface area contributed by atoms with E-state index in [9.17, 15) is 23.3 Å². The molecule has 0 aliphatic carbocycles. The summed E-state index contributed by atoms with van der Waals surface area (Å²) < 4.78 is 27.6. The van der Waals surface area contributed by atoms with Crippen LogP contribution in [0.25, 0.3) is 0 Å². The number of hydrogen-bond acceptors (Lipinski definition) is 5. The Bertz CT molecular complexity index is 1260. The smallest absolute Gasteiger partial charge is 0.270 e. The number of rotatable bonds is 6. The maximum Gasteiger partial charge on any atom is 0.270 e. The zero-order valence-electron chi connectivity index (χ0n) is 17.8. The minimum Gasteiger partial charge on any atom is -0.322 e. The molecule has 0 unspecified atom stereocenters. The molecular weight excluding hydrogens is 430 g/mol. The highest BCUT2D eigenvalue weighted by Gasteiger charge is 2.18. The van der Waals surface area contributed by atoms with Crippen LogP contribution in [-0.2, 0) is 15.4 Å². The second kappa shape index (κ2) is 8.80. The average molecular weight is 454 g/mol. The van der Waals surface area contributed by atoms with Crippen LogP contribution >= 0.6 is 0 Å². The summed E-state index contributed by atoms with van der Waals surface area (Å²) in [5.41, 5.74) is 1.82. The largest absolute Gasteiger partial charge is 0.322 e. The van der Waals surface area contributed by atoms with Crippen LogP contribution < -0.4 is 10.0 Å². The predicted octanol–water partition coefficient (Wildman–Crippen LogP) is 4.95. The van der Waals surface area contributed by atoms with E-state index in [0.29, 0.717) is 11.3 Å². The lowest BCUT2D eigenvalue weighted by atomic mass is 9.87. The number of non-ortho nitro benzene ring substituents is 1. The molecule has 0 atom stereocenters. The van der Waals surface area contributed by atoms with Crippen LogP contribution in [-0.4, -0.2) is 19.2 Å². The molecule has 0 saturated heterocycles. The summed E-state index contributed by atoms with van der Waals surface area (Å²) in [6.07, 6.45) is 0. The van der Waals surface area contributed by atoms with Crippen molar-refractivity contribution in [3.8, 4) is 0 Å². The van der Waals surface area contributed by atoms with Crippen molar-refractivity contribution in [2.45, 2.75) is 31.1 Å². The van der Waals surface area contributed by atoms with Gasteiger partial charge < -0.3 is 5.32 Å². The molecule has 0 aromatic heterocycles. The Morgan fingerprint density at radius 3 is 2.16 bits per heavy atom. The van der Waals surface area contributed by atoms with E-state index in [2.05, 4.69) is 30.8 Å². The maximum atomic E-state index is 12.6. The summed E-state index contributed by atoms with van der Waals surface area (Å²) in [6.45, 7) is 6.26. The third-order valence-electron chi connectivity index (χ3n) is 4.72. The number of amides is 1. The Kier molecular flexibility index (Phi) is 6.31. The van der Waals surface area contributed by atoms with Crippen LogP contribution in [0.15, 0.2) is 77.7 Å². The second-order valence-corrected chi connectivity index (χ2v) is 9.90. The number of nitro groups is 1. The molecular formula is C23H23N3O5S. The van der Waals surface area contributed by atoms with Gasteiger partial charge in [0.15, 0.2) is 0 Å². The molecule has 3 aromatic carbocycles. The van der Waals surface area contributed by atoms with E-state index in [1.165, 1.54) is 30.3 Å². The van der Waals surface area contributed by atoms with Crippen LogP contribution in [0, 0.1) is 10.1 Å². The summed E-state index contributed by atoms with van der Waals surface area (Å²) in [7, 11) is -4.05. The Balaban J connectivity index is 1.76. The van der Waals surface area contributed by atoms with Crippen LogP contribution in [0.3, 0.4) is 0 Å². The number of carbonyl (C=O) groups excluding carboxylic acids is 1. The average Bonchev–Trinajstić information content (AvgIpc) is 2.73. The summed E-state index contributed by atoms with van der Waals surface area (Å²) in [4.78, 5) is 22.6. The lowest BCUT2D eigenvalue weighted by molar-refractivity contribution is -0.385. The second-order valence-electron chi connectivity index (χ2n) is 8.22. The van der Waals surface area contributed by atoms with Gasteiger partial charge in [-0.15, -0.1) is 0 Å². The Morgan fingerprint density at radius 2 is 1.53 bits per heavy atom. The minimum atomic E-state index is -4.05. The molecule has 9 heteroatoms. The fraction of sp³-hybridized carbons (Fsp3) is 0.174. The van der Waals surface area contributed by atoms with Crippen molar-refractivity contribution in [3.05, 3.63) is 94.0 Å². The molecule has 0 saturated carbocycles. The molecule has 2 N–H and O–H groups in total. The van der Waals surface area contributed by atoms with Gasteiger partial charge in [0.25, 0.3) is 21.6 Å². The van der Waals surface area contributed by atoms with Crippen molar-refractivity contribution in [1.82, 2.24) is 0 Å². The predicted molar refractivity (Wildman–Crippen MR) is 123 cm³/mol. The van der Waals surface area contributed by atoms with Crippen LogP contribution in [0.5, 0.6) is 0 Å². The lowest BCUT2D eigenvalue weighted by Crippen LogP contribution is -2.15. The van der Waals surface area contributed by atoms with Gasteiger partial charge in [-0.1, -0.05) is 45.0 Å². The van der Waals surface area contributed by atoms with Gasteiger partial charge in [0.1, 0.15) is 0 Å². The first-order chi connectivity index (χ1) is 15.0. The first kappa shape index (κ1) is 23.0. The molecule has 0 fully saturated rings. The molecule has 1 amide bonds. The molecule has 8 nitrogen and oxygen atoms in total. The molecule has 0 aliphatic heterocycles. The number of sulfonamides is 1. The first-order valence-corrected chi connectivity index (χ1v) is 11.2. The molecule has 3 rings (SSSR count). The number of nitrogens with zero attached hydrogens (tertiary/aromatic N) is 1. The van der Waals surface area contributed by atoms with Gasteiger partial charge in [0.2, 0.25) is 0 Å². The molecule has 0 aliphatic rings. The first-order valence-electron chi connectivity index (χ1n) is 9.75. The van der Waals surface area contributed by atoms with E-state index < -0.39 is 14.9 Å². The van der Waals surface area contributed by atoms with Crippen molar-refractivity contribution in [1.29, 1.82) is 0 Å². The van der Waals surface area contributed by atoms with Gasteiger partial charge in [-0.2, -0.15) is 0 Å². The lowest BCUT2D eigenvalue weighted by Gasteiger charge is -2.19. The van der Waals surface area contributed by atoms with E-state index in [-0.39, 0.29) is 27.6 Å². The van der Waals surface area contributed by atoms with Crippen LogP contribution in [0.4, 0.5) is 17.1 Å². The van der Waals surface area contributed by atoms with Gasteiger partial charge in [-0.05, 0) is 47.4 Å². The Hall–Kier alpha value is -3.72. The number of hydrogen-bond donors (Lipinski definition) is 2. The number of anilines is 2. The highest BCUT2D eigenvalue weighted by Crippen LogP contribution is 2.24. The van der Waals surface area contributed by atoms with E-state index in [4.69, 9.17) is 0 Å². The third-order valence-corrected chi connectivity index (χ3v) is 6.10. The van der Waals surface area contributed by atoms with Crippen molar-refractivity contribution < 1.29 is 18.1 Å². The van der Waals surface area contributed by atoms with E-state index in [1.54, 1.807) is 24.3 Å². The maximum absolute atomic E-state index is 12.6. The fourth-order valence-corrected chi connectivity index (χ4v) is 4.05. The van der Waals surface area contributed by atoms with Gasteiger partial charge in [-0.25, -0.2) is 8.42 Å². The van der Waals surface area contributed by atoms with Crippen LogP contribution in [0.2, 0.25) is 0 Å². The van der Waals surface area contributed by atoms with Gasteiger partial charge in [0, 0.05) is 23.4 Å². The molecule has 0 radical (unpaired) electrons. The van der Waals surface area contributed by atoms with Gasteiger partial charge >= 0.3 is 0 Å². The summed E-state index contributed by atoms with van der Waals surface area (Å²) in [6, 6.07) is 18.2. The molecule has 3 aromatic rings. The van der Waals surface area contributed by atoms with Crippen molar-refractivity contribution >= 4 is 33.0 Å². The van der Waals surface area contributed by atoms with Gasteiger partial charge in [0.05, 0.1) is 15.5 Å². The highest BCUT2D eigenvalue weighted by molar-refractivity contribution is 7.92. The molecule has 0 heterocycles. The van der Waals surface area contributed by atoms with E-state index in [1.807, 2.05) is 12.1 Å². The standard InChI is InChI=1S/C23H23N3O5S/c1-23(2,3)17-12-10-16(11-13-17)22(27)24-18-6-4-7-19(14-18)25-32(30,31)21-9-5-8-20(15-21)26(28)29/h4-15,25H,1-3H3,(H,24,27). The molecule has 0 spiro atoms.